The molecule has 0 aliphatic carbocycles. The number of halogens is 1. The standard InChI is InChI=1S/C14H10BrN5O/c15-10-1-3-12(17-7-10)14(21)19-11-2-4-13(18-8-11)20-6-5-16-9-20/h1-9H,(H,19,21). The minimum absolute atomic E-state index is 0.278. The molecule has 0 aromatic carbocycles. The number of nitrogens with one attached hydrogen (secondary N) is 1. The van der Waals surface area contributed by atoms with Crippen molar-refractivity contribution < 1.29 is 4.79 Å². The second kappa shape index (κ2) is 5.84. The van der Waals surface area contributed by atoms with Crippen LogP contribution in [0.5, 0.6) is 0 Å². The van der Waals surface area contributed by atoms with Gasteiger partial charge in [0.05, 0.1) is 11.9 Å². The molecule has 1 N–H and O–H groups in total. The Bertz CT molecular complexity index is 738. The van der Waals surface area contributed by atoms with Crippen molar-refractivity contribution in [2.45, 2.75) is 0 Å². The molecule has 1 amide bonds. The van der Waals surface area contributed by atoms with Gasteiger partial charge in [-0.1, -0.05) is 0 Å². The van der Waals surface area contributed by atoms with Crippen molar-refractivity contribution in [3.05, 3.63) is 65.5 Å². The molecule has 3 rings (SSSR count). The number of nitrogens with zero attached hydrogens (tertiary/aromatic N) is 4. The van der Waals surface area contributed by atoms with Gasteiger partial charge in [0.15, 0.2) is 0 Å². The first-order valence-electron chi connectivity index (χ1n) is 6.10. The molecular weight excluding hydrogens is 334 g/mol. The normalized spacial score (nSPS) is 10.3. The van der Waals surface area contributed by atoms with Gasteiger partial charge in [-0.05, 0) is 40.2 Å². The van der Waals surface area contributed by atoms with E-state index < -0.39 is 0 Å². The molecule has 21 heavy (non-hydrogen) atoms. The molecule has 0 saturated carbocycles. The minimum Gasteiger partial charge on any atom is -0.319 e. The van der Waals surface area contributed by atoms with Gasteiger partial charge < -0.3 is 5.32 Å². The number of amides is 1. The highest BCUT2D eigenvalue weighted by molar-refractivity contribution is 9.10. The van der Waals surface area contributed by atoms with Crippen LogP contribution in [0.2, 0.25) is 0 Å². The largest absolute Gasteiger partial charge is 0.319 e. The fourth-order valence-corrected chi connectivity index (χ4v) is 1.95. The average Bonchev–Trinajstić information content (AvgIpc) is 3.03. The molecule has 0 unspecified atom stereocenters. The molecule has 0 fully saturated rings. The summed E-state index contributed by atoms with van der Waals surface area (Å²) < 4.78 is 2.60. The maximum atomic E-state index is 12.0. The zero-order valence-corrected chi connectivity index (χ0v) is 12.4. The fraction of sp³-hybridized carbons (Fsp3) is 0. The predicted molar refractivity (Wildman–Crippen MR) is 81.2 cm³/mol. The van der Waals surface area contributed by atoms with Crippen LogP contribution < -0.4 is 5.32 Å². The topological polar surface area (TPSA) is 72.7 Å². The number of hydrogen-bond acceptors (Lipinski definition) is 4. The van der Waals surface area contributed by atoms with E-state index in [1.54, 1.807) is 59.9 Å². The maximum Gasteiger partial charge on any atom is 0.274 e. The third-order valence-electron chi connectivity index (χ3n) is 2.73. The van der Waals surface area contributed by atoms with Crippen LogP contribution in [0.25, 0.3) is 5.82 Å². The van der Waals surface area contributed by atoms with E-state index in [4.69, 9.17) is 0 Å². The smallest absolute Gasteiger partial charge is 0.274 e. The van der Waals surface area contributed by atoms with E-state index in [-0.39, 0.29) is 5.91 Å². The van der Waals surface area contributed by atoms with Gasteiger partial charge in [0.2, 0.25) is 0 Å². The Kier molecular flexibility index (Phi) is 3.74. The second-order valence-corrected chi connectivity index (χ2v) is 5.11. The molecule has 0 aliphatic rings. The van der Waals surface area contributed by atoms with Gasteiger partial charge in [-0.3, -0.25) is 9.36 Å². The van der Waals surface area contributed by atoms with E-state index >= 15 is 0 Å². The first kappa shape index (κ1) is 13.4. The fourth-order valence-electron chi connectivity index (χ4n) is 1.71. The molecule has 0 bridgehead atoms. The molecule has 7 heteroatoms. The first-order chi connectivity index (χ1) is 10.2. The van der Waals surface area contributed by atoms with Crippen molar-refractivity contribution in [1.29, 1.82) is 0 Å². The van der Waals surface area contributed by atoms with Crippen molar-refractivity contribution in [3.63, 3.8) is 0 Å². The van der Waals surface area contributed by atoms with Gasteiger partial charge in [-0.15, -0.1) is 0 Å². The van der Waals surface area contributed by atoms with Gasteiger partial charge in [-0.25, -0.2) is 15.0 Å². The van der Waals surface area contributed by atoms with E-state index in [1.807, 2.05) is 0 Å². The van der Waals surface area contributed by atoms with E-state index in [2.05, 4.69) is 36.2 Å². The predicted octanol–water partition coefficient (Wildman–Crippen LogP) is 2.68. The van der Waals surface area contributed by atoms with Crippen molar-refractivity contribution in [3.8, 4) is 5.82 Å². The molecule has 3 aromatic rings. The third-order valence-corrected chi connectivity index (χ3v) is 3.20. The Hall–Kier alpha value is -2.54. The third kappa shape index (κ3) is 3.14. The number of carbonyl (C=O) groups is 1. The second-order valence-electron chi connectivity index (χ2n) is 4.19. The number of imidazole rings is 1. The van der Waals surface area contributed by atoms with Gasteiger partial charge in [0.25, 0.3) is 5.91 Å². The van der Waals surface area contributed by atoms with Crippen LogP contribution >= 0.6 is 15.9 Å². The SMILES string of the molecule is O=C(Nc1ccc(-n2ccnc2)nc1)c1ccc(Br)cn1. The Morgan fingerprint density at radius 3 is 2.67 bits per heavy atom. The summed E-state index contributed by atoms with van der Waals surface area (Å²) in [5, 5.41) is 2.75. The highest BCUT2D eigenvalue weighted by atomic mass is 79.9. The summed E-state index contributed by atoms with van der Waals surface area (Å²) in [5.74, 6) is 0.451. The molecule has 0 radical (unpaired) electrons. The molecule has 104 valence electrons. The van der Waals surface area contributed by atoms with Crippen LogP contribution in [0.15, 0.2) is 59.9 Å². The zero-order valence-electron chi connectivity index (χ0n) is 10.8. The summed E-state index contributed by atoms with van der Waals surface area (Å²) in [7, 11) is 0. The number of hydrogen-bond donors (Lipinski definition) is 1. The number of rotatable bonds is 3. The van der Waals surface area contributed by atoms with Crippen LogP contribution in [0.1, 0.15) is 10.5 Å². The lowest BCUT2D eigenvalue weighted by Crippen LogP contribution is -2.13. The van der Waals surface area contributed by atoms with Crippen LogP contribution in [0.4, 0.5) is 5.69 Å². The van der Waals surface area contributed by atoms with Gasteiger partial charge in [-0.2, -0.15) is 0 Å². The first-order valence-corrected chi connectivity index (χ1v) is 6.89. The average molecular weight is 344 g/mol. The summed E-state index contributed by atoms with van der Waals surface area (Å²) in [4.78, 5) is 24.3. The molecule has 6 nitrogen and oxygen atoms in total. The van der Waals surface area contributed by atoms with E-state index in [0.717, 1.165) is 10.3 Å². The van der Waals surface area contributed by atoms with Crippen molar-refractivity contribution in [2.24, 2.45) is 0 Å². The number of anilines is 1. The lowest BCUT2D eigenvalue weighted by molar-refractivity contribution is 0.102. The summed E-state index contributed by atoms with van der Waals surface area (Å²) in [5.41, 5.74) is 0.950. The molecule has 3 aromatic heterocycles. The van der Waals surface area contributed by atoms with Crippen LogP contribution in [0.3, 0.4) is 0 Å². The maximum absolute atomic E-state index is 12.0. The summed E-state index contributed by atoms with van der Waals surface area (Å²) >= 11 is 3.28. The lowest BCUT2D eigenvalue weighted by Gasteiger charge is -2.06. The molecule has 3 heterocycles. The molecule has 0 saturated heterocycles. The van der Waals surface area contributed by atoms with Crippen LogP contribution in [-0.2, 0) is 0 Å². The molecule has 0 spiro atoms. The Morgan fingerprint density at radius 1 is 1.14 bits per heavy atom. The number of pyridine rings is 2. The monoisotopic (exact) mass is 343 g/mol. The highest BCUT2D eigenvalue weighted by Gasteiger charge is 2.07. The van der Waals surface area contributed by atoms with Crippen molar-refractivity contribution >= 4 is 27.5 Å². The molecule has 0 atom stereocenters. The zero-order chi connectivity index (χ0) is 14.7. The van der Waals surface area contributed by atoms with Crippen LogP contribution in [0, 0.1) is 0 Å². The quantitative estimate of drug-likeness (QED) is 0.793. The number of carbonyl (C=O) groups excluding carboxylic acids is 1. The van der Waals surface area contributed by atoms with Gasteiger partial charge in [0.1, 0.15) is 17.8 Å². The van der Waals surface area contributed by atoms with Crippen molar-refractivity contribution in [1.82, 2.24) is 19.5 Å². The Balaban J connectivity index is 1.73. The minimum atomic E-state index is -0.278. The van der Waals surface area contributed by atoms with E-state index in [1.165, 1.54) is 0 Å². The van der Waals surface area contributed by atoms with Crippen LogP contribution in [-0.4, -0.2) is 25.4 Å². The Labute approximate surface area is 129 Å². The highest BCUT2D eigenvalue weighted by Crippen LogP contribution is 2.12. The molecular formula is C14H10BrN5O. The van der Waals surface area contributed by atoms with Gasteiger partial charge in [0, 0.05) is 23.1 Å². The Morgan fingerprint density at radius 2 is 2.05 bits per heavy atom. The number of aromatic nitrogens is 4. The van der Waals surface area contributed by atoms with E-state index in [9.17, 15) is 4.79 Å². The summed E-state index contributed by atoms with van der Waals surface area (Å²) in [6.07, 6.45) is 8.30. The molecule has 0 aliphatic heterocycles. The summed E-state index contributed by atoms with van der Waals surface area (Å²) in [6, 6.07) is 6.99. The van der Waals surface area contributed by atoms with Crippen molar-refractivity contribution in [2.75, 3.05) is 5.32 Å². The summed E-state index contributed by atoms with van der Waals surface area (Å²) in [6.45, 7) is 0. The van der Waals surface area contributed by atoms with E-state index in [0.29, 0.717) is 11.4 Å². The van der Waals surface area contributed by atoms with Gasteiger partial charge >= 0.3 is 0 Å². The lowest BCUT2D eigenvalue weighted by atomic mass is 10.3.